The van der Waals surface area contributed by atoms with Crippen molar-refractivity contribution >= 4 is 38.7 Å². The van der Waals surface area contributed by atoms with Crippen LogP contribution in [0.4, 0.5) is 0 Å². The van der Waals surface area contributed by atoms with Crippen LogP contribution in [0.25, 0.3) is 11.0 Å². The fourth-order valence-corrected chi connectivity index (χ4v) is 6.04. The predicted octanol–water partition coefficient (Wildman–Crippen LogP) is 1.03. The summed E-state index contributed by atoms with van der Waals surface area (Å²) in [5, 5.41) is 0.718. The van der Waals surface area contributed by atoms with E-state index in [0.29, 0.717) is 70.4 Å². The Morgan fingerprint density at radius 3 is 2.43 bits per heavy atom. The number of fused-ring (bicyclic) bond motifs is 1. The van der Waals surface area contributed by atoms with Crippen molar-refractivity contribution in [2.24, 2.45) is 0 Å². The number of aromatic nitrogens is 2. The van der Waals surface area contributed by atoms with Gasteiger partial charge in [0, 0.05) is 32.7 Å². The monoisotopic (exact) mass is 454 g/mol. The number of nitrogens with zero attached hydrogens (tertiary/aromatic N) is 4. The second kappa shape index (κ2) is 9.23. The molecule has 0 spiro atoms. The van der Waals surface area contributed by atoms with E-state index in [1.807, 2.05) is 16.4 Å². The summed E-state index contributed by atoms with van der Waals surface area (Å²) >= 11 is 1.38. The lowest BCUT2D eigenvalue weighted by Crippen LogP contribution is -2.41. The number of benzene rings is 1. The first-order valence-electron chi connectivity index (χ1n) is 10.1. The molecule has 9 nitrogen and oxygen atoms in total. The summed E-state index contributed by atoms with van der Waals surface area (Å²) in [6, 6.07) is 5.06. The molecular weight excluding hydrogens is 428 g/mol. The molecule has 11 heteroatoms. The summed E-state index contributed by atoms with van der Waals surface area (Å²) in [5.74, 6) is 0.357. The molecule has 30 heavy (non-hydrogen) atoms. The fraction of sp³-hybridized carbons (Fsp3) is 0.579. The molecule has 2 aromatic rings. The number of ether oxygens (including phenoxy) is 2. The molecule has 0 N–H and O–H groups in total. The van der Waals surface area contributed by atoms with Crippen LogP contribution in [-0.2, 0) is 30.8 Å². The number of carbonyl (C=O) groups is 1. The quantitative estimate of drug-likeness (QED) is 0.602. The molecule has 0 aliphatic carbocycles. The topological polar surface area (TPSA) is 94.0 Å². The van der Waals surface area contributed by atoms with Gasteiger partial charge in [0.2, 0.25) is 15.9 Å². The summed E-state index contributed by atoms with van der Waals surface area (Å²) < 4.78 is 39.9. The zero-order chi connectivity index (χ0) is 21.1. The Morgan fingerprint density at radius 2 is 1.77 bits per heavy atom. The predicted molar refractivity (Wildman–Crippen MR) is 113 cm³/mol. The van der Waals surface area contributed by atoms with Crippen LogP contribution in [0, 0.1) is 0 Å². The van der Waals surface area contributed by atoms with Gasteiger partial charge in [-0.25, -0.2) is 13.4 Å². The molecule has 0 saturated carbocycles. The number of sulfonamides is 1. The van der Waals surface area contributed by atoms with Gasteiger partial charge in [0.1, 0.15) is 0 Å². The first-order valence-corrected chi connectivity index (χ1v) is 12.5. The van der Waals surface area contributed by atoms with Crippen molar-refractivity contribution < 1.29 is 22.7 Å². The molecule has 3 heterocycles. The minimum Gasteiger partial charge on any atom is -0.379 e. The Hall–Kier alpha value is -1.66. The lowest BCUT2D eigenvalue weighted by Gasteiger charge is -2.26. The number of carbonyl (C=O) groups excluding carboxylic acids is 1. The summed E-state index contributed by atoms with van der Waals surface area (Å²) in [4.78, 5) is 19.1. The number of rotatable bonds is 6. The lowest BCUT2D eigenvalue weighted by atomic mass is 10.3. The van der Waals surface area contributed by atoms with Crippen LogP contribution in [0.5, 0.6) is 0 Å². The van der Waals surface area contributed by atoms with Crippen molar-refractivity contribution in [2.45, 2.75) is 23.5 Å². The minimum absolute atomic E-state index is 0.0635. The number of morpholine rings is 2. The molecule has 2 aliphatic rings. The van der Waals surface area contributed by atoms with Gasteiger partial charge >= 0.3 is 0 Å². The average molecular weight is 455 g/mol. The van der Waals surface area contributed by atoms with E-state index in [1.54, 1.807) is 18.2 Å². The van der Waals surface area contributed by atoms with Gasteiger partial charge in [-0.1, -0.05) is 11.8 Å². The molecule has 1 amide bonds. The maximum absolute atomic E-state index is 13.0. The Balaban J connectivity index is 1.55. The van der Waals surface area contributed by atoms with Crippen molar-refractivity contribution in [2.75, 3.05) is 58.4 Å². The third-order valence-electron chi connectivity index (χ3n) is 5.30. The largest absolute Gasteiger partial charge is 0.379 e. The number of thioether (sulfide) groups is 1. The highest BCUT2D eigenvalue weighted by molar-refractivity contribution is 7.99. The zero-order valence-corrected chi connectivity index (χ0v) is 18.6. The van der Waals surface area contributed by atoms with Gasteiger partial charge in [-0.05, 0) is 25.1 Å². The van der Waals surface area contributed by atoms with E-state index in [1.165, 1.54) is 16.1 Å². The van der Waals surface area contributed by atoms with E-state index >= 15 is 0 Å². The molecule has 2 aliphatic heterocycles. The van der Waals surface area contributed by atoms with Gasteiger partial charge in [-0.3, -0.25) is 4.79 Å². The number of imidazole rings is 1. The highest BCUT2D eigenvalue weighted by Gasteiger charge is 2.27. The Morgan fingerprint density at radius 1 is 1.10 bits per heavy atom. The van der Waals surface area contributed by atoms with E-state index in [4.69, 9.17) is 9.47 Å². The molecule has 2 fully saturated rings. The van der Waals surface area contributed by atoms with Crippen molar-refractivity contribution in [3.8, 4) is 0 Å². The van der Waals surface area contributed by atoms with E-state index in [-0.39, 0.29) is 10.8 Å². The van der Waals surface area contributed by atoms with Crippen molar-refractivity contribution in [1.29, 1.82) is 0 Å². The molecule has 0 bridgehead atoms. The Labute approximate surface area is 180 Å². The maximum atomic E-state index is 13.0. The second-order valence-corrected chi connectivity index (χ2v) is 9.97. The van der Waals surface area contributed by atoms with E-state index in [9.17, 15) is 13.2 Å². The number of hydrogen-bond acceptors (Lipinski definition) is 7. The normalized spacial score (nSPS) is 18.8. The van der Waals surface area contributed by atoms with Crippen LogP contribution in [-0.4, -0.2) is 91.4 Å². The molecule has 164 valence electrons. The van der Waals surface area contributed by atoms with Crippen LogP contribution in [0.1, 0.15) is 6.92 Å². The van der Waals surface area contributed by atoms with Crippen LogP contribution in [0.3, 0.4) is 0 Å². The number of amides is 1. The van der Waals surface area contributed by atoms with Crippen LogP contribution < -0.4 is 0 Å². The zero-order valence-electron chi connectivity index (χ0n) is 16.9. The van der Waals surface area contributed by atoms with Crippen LogP contribution >= 0.6 is 11.8 Å². The van der Waals surface area contributed by atoms with E-state index in [0.717, 1.165) is 10.7 Å². The third kappa shape index (κ3) is 4.35. The summed E-state index contributed by atoms with van der Waals surface area (Å²) in [6.45, 7) is 6.59. The second-order valence-electron chi connectivity index (χ2n) is 7.09. The first-order chi connectivity index (χ1) is 14.5. The Kier molecular flexibility index (Phi) is 6.63. The number of hydrogen-bond donors (Lipinski definition) is 0. The van der Waals surface area contributed by atoms with Gasteiger partial charge in [-0.2, -0.15) is 4.31 Å². The van der Waals surface area contributed by atoms with Crippen LogP contribution in [0.15, 0.2) is 28.3 Å². The van der Waals surface area contributed by atoms with Gasteiger partial charge in [0.15, 0.2) is 5.16 Å². The molecule has 1 aromatic carbocycles. The van der Waals surface area contributed by atoms with Gasteiger partial charge in [-0.15, -0.1) is 0 Å². The molecule has 0 atom stereocenters. The summed E-state index contributed by atoms with van der Waals surface area (Å²) in [6.07, 6.45) is 0. The summed E-state index contributed by atoms with van der Waals surface area (Å²) in [7, 11) is -3.58. The first kappa shape index (κ1) is 21.6. The molecular formula is C19H26N4O5S2. The molecule has 2 saturated heterocycles. The molecule has 0 unspecified atom stereocenters. The Bertz CT molecular complexity index is 1010. The standard InChI is InChI=1S/C19H26N4O5S2/c1-2-23-17-4-3-15(30(25,26)22-7-11-28-12-8-22)13-16(17)20-19(23)29-14-18(24)21-5-9-27-10-6-21/h3-4,13H,2,5-12,14H2,1H3. The highest BCUT2D eigenvalue weighted by Crippen LogP contribution is 2.27. The maximum Gasteiger partial charge on any atom is 0.243 e. The van der Waals surface area contributed by atoms with Gasteiger partial charge < -0.3 is 18.9 Å². The SMILES string of the molecule is CCn1c(SCC(=O)N2CCOCC2)nc2cc(S(=O)(=O)N3CCOCC3)ccc21. The number of aryl methyl sites for hydroxylation is 1. The van der Waals surface area contributed by atoms with Gasteiger partial charge in [0.05, 0.1) is 48.1 Å². The third-order valence-corrected chi connectivity index (χ3v) is 8.15. The molecule has 1 aromatic heterocycles. The molecule has 0 radical (unpaired) electrons. The minimum atomic E-state index is -3.58. The molecule has 4 rings (SSSR count). The highest BCUT2D eigenvalue weighted by atomic mass is 32.2. The van der Waals surface area contributed by atoms with Crippen molar-refractivity contribution in [1.82, 2.24) is 18.8 Å². The van der Waals surface area contributed by atoms with E-state index in [2.05, 4.69) is 4.98 Å². The fourth-order valence-electron chi connectivity index (χ4n) is 3.63. The lowest BCUT2D eigenvalue weighted by molar-refractivity contribution is -0.132. The van der Waals surface area contributed by atoms with Crippen LogP contribution in [0.2, 0.25) is 0 Å². The average Bonchev–Trinajstić information content (AvgIpc) is 3.15. The van der Waals surface area contributed by atoms with Crippen molar-refractivity contribution in [3.63, 3.8) is 0 Å². The van der Waals surface area contributed by atoms with E-state index < -0.39 is 10.0 Å². The smallest absolute Gasteiger partial charge is 0.243 e. The van der Waals surface area contributed by atoms with Gasteiger partial charge in [0.25, 0.3) is 0 Å². The summed E-state index contributed by atoms with van der Waals surface area (Å²) in [5.41, 5.74) is 1.48. The van der Waals surface area contributed by atoms with Crippen molar-refractivity contribution in [3.05, 3.63) is 18.2 Å².